The van der Waals surface area contributed by atoms with Crippen molar-refractivity contribution in [1.29, 1.82) is 0 Å². The van der Waals surface area contributed by atoms with Crippen LogP contribution < -0.4 is 5.32 Å². The highest BCUT2D eigenvalue weighted by Gasteiger charge is 2.68. The third kappa shape index (κ3) is 4.47. The molecule has 0 radical (unpaired) electrons. The van der Waals surface area contributed by atoms with Crippen molar-refractivity contribution in [2.45, 2.75) is 72.0 Å². The molecular formula is C26H40N2O7. The first-order valence-corrected chi connectivity index (χ1v) is 12.4. The minimum atomic E-state index is -1.09. The summed E-state index contributed by atoms with van der Waals surface area (Å²) in [5.74, 6) is -0.705. The Morgan fingerprint density at radius 2 is 1.86 bits per heavy atom. The molecule has 0 aromatic heterocycles. The molecule has 0 heterocycles. The summed E-state index contributed by atoms with van der Waals surface area (Å²) < 4.78 is 10.7. The van der Waals surface area contributed by atoms with Gasteiger partial charge in [0.2, 0.25) is 0 Å². The van der Waals surface area contributed by atoms with Crippen molar-refractivity contribution >= 4 is 23.9 Å². The molecule has 2 N–H and O–H groups in total. The van der Waals surface area contributed by atoms with Crippen molar-refractivity contribution in [2.24, 2.45) is 34.0 Å². The molecule has 3 rings (SSSR count). The molecule has 0 aliphatic heterocycles. The molecule has 9 heteroatoms. The number of nitrogens with one attached hydrogen (secondary N) is 1. The molecule has 2 bridgehead atoms. The molecule has 3 fully saturated rings. The number of rotatable bonds is 4. The van der Waals surface area contributed by atoms with Gasteiger partial charge in [-0.2, -0.15) is 0 Å². The minimum absolute atomic E-state index is 0.0710. The van der Waals surface area contributed by atoms with E-state index in [1.54, 1.807) is 6.08 Å². The predicted molar refractivity (Wildman–Crippen MR) is 128 cm³/mol. The average Bonchev–Trinajstić information content (AvgIpc) is 3.15. The van der Waals surface area contributed by atoms with Crippen LogP contribution in [0.15, 0.2) is 12.7 Å². The first-order chi connectivity index (χ1) is 16.2. The van der Waals surface area contributed by atoms with Crippen molar-refractivity contribution in [3.63, 3.8) is 0 Å². The zero-order valence-electron chi connectivity index (χ0n) is 21.8. The van der Waals surface area contributed by atoms with Gasteiger partial charge in [0.15, 0.2) is 6.61 Å². The second-order valence-corrected chi connectivity index (χ2v) is 11.5. The molecule has 0 spiro atoms. The number of ether oxygens (including phenoxy) is 2. The van der Waals surface area contributed by atoms with Crippen LogP contribution >= 0.6 is 0 Å². The third-order valence-electron chi connectivity index (χ3n) is 9.58. The minimum Gasteiger partial charge on any atom is -0.445 e. The summed E-state index contributed by atoms with van der Waals surface area (Å²) in [5, 5.41) is 13.5. The molecule has 1 unspecified atom stereocenters. The molecule has 3 amide bonds. The van der Waals surface area contributed by atoms with Crippen LogP contribution in [0.5, 0.6) is 0 Å². The highest BCUT2D eigenvalue weighted by atomic mass is 16.6. The molecular weight excluding hydrogens is 452 g/mol. The summed E-state index contributed by atoms with van der Waals surface area (Å²) in [6, 6.07) is 0. The first-order valence-electron chi connectivity index (χ1n) is 12.4. The third-order valence-corrected chi connectivity index (χ3v) is 9.58. The second-order valence-electron chi connectivity index (χ2n) is 11.5. The lowest BCUT2D eigenvalue weighted by molar-refractivity contribution is -0.191. The topological polar surface area (TPSA) is 122 Å². The largest absolute Gasteiger partial charge is 0.445 e. The second kappa shape index (κ2) is 9.56. The summed E-state index contributed by atoms with van der Waals surface area (Å²) in [5.41, 5.74) is -1.84. The van der Waals surface area contributed by atoms with Gasteiger partial charge < -0.3 is 19.5 Å². The van der Waals surface area contributed by atoms with Crippen molar-refractivity contribution < 1.29 is 33.8 Å². The predicted octanol–water partition coefficient (Wildman–Crippen LogP) is 3.30. The van der Waals surface area contributed by atoms with E-state index in [1.807, 2.05) is 26.1 Å². The quantitative estimate of drug-likeness (QED) is 0.577. The van der Waals surface area contributed by atoms with Crippen LogP contribution in [0.4, 0.5) is 9.59 Å². The van der Waals surface area contributed by atoms with Gasteiger partial charge in [0, 0.05) is 37.3 Å². The lowest BCUT2D eigenvalue weighted by Crippen LogP contribution is -2.63. The van der Waals surface area contributed by atoms with E-state index in [9.17, 15) is 24.3 Å². The standard InChI is InChI=1S/C26H40N2O7/c1-8-24(4)13-18(35-23(33)27-22(32)34-14-19(30)28(6)7)25(5)15(2)9-11-26(16(3)21(24)31)12-10-17(29)20(25)26/h8,15-16,18,20-21,31H,1,9-14H2,2-7H3,(H,27,32,33)/t15?,16-,18+,20-,21-,24+,25+,26-/m0/s1. The number of alkyl carbamates (subject to hydrolysis) is 2. The van der Waals surface area contributed by atoms with E-state index in [4.69, 9.17) is 9.47 Å². The van der Waals surface area contributed by atoms with E-state index in [0.29, 0.717) is 12.8 Å². The first kappa shape index (κ1) is 27.2. The monoisotopic (exact) mass is 492 g/mol. The Labute approximate surface area is 207 Å². The van der Waals surface area contributed by atoms with Crippen LogP contribution in [0.3, 0.4) is 0 Å². The fourth-order valence-corrected chi connectivity index (χ4v) is 7.04. The lowest BCUT2D eigenvalue weighted by Gasteiger charge is -2.61. The maximum atomic E-state index is 13.4. The fourth-order valence-electron chi connectivity index (χ4n) is 7.04. The van der Waals surface area contributed by atoms with Gasteiger partial charge in [0.1, 0.15) is 11.9 Å². The number of Topliss-reactive ketones (excluding diaryl/α,β-unsaturated/α-hetero) is 1. The van der Waals surface area contributed by atoms with Crippen LogP contribution in [0.1, 0.15) is 59.8 Å². The Hall–Kier alpha value is -2.42. The van der Waals surface area contributed by atoms with Crippen molar-refractivity contribution in [3.8, 4) is 0 Å². The highest BCUT2D eigenvalue weighted by Crippen LogP contribution is 2.67. The Morgan fingerprint density at radius 1 is 1.20 bits per heavy atom. The van der Waals surface area contributed by atoms with Gasteiger partial charge in [-0.15, -0.1) is 6.58 Å². The summed E-state index contributed by atoms with van der Waals surface area (Å²) >= 11 is 0. The average molecular weight is 493 g/mol. The number of likely N-dealkylation sites (N-methyl/N-ethyl adjacent to an activating group) is 1. The van der Waals surface area contributed by atoms with Gasteiger partial charge >= 0.3 is 12.2 Å². The normalized spacial score (nSPS) is 40.5. The molecule has 3 saturated carbocycles. The number of imide groups is 1. The van der Waals surface area contributed by atoms with E-state index < -0.39 is 47.7 Å². The number of hydrogen-bond donors (Lipinski definition) is 2. The van der Waals surface area contributed by atoms with E-state index in [0.717, 1.165) is 12.8 Å². The molecule has 0 saturated heterocycles. The summed E-state index contributed by atoms with van der Waals surface area (Å²) in [6.07, 6.45) is 1.15. The number of hydrogen-bond acceptors (Lipinski definition) is 7. The highest BCUT2D eigenvalue weighted by molar-refractivity contribution is 5.89. The van der Waals surface area contributed by atoms with Gasteiger partial charge in [0.25, 0.3) is 5.91 Å². The summed E-state index contributed by atoms with van der Waals surface area (Å²) in [6.45, 7) is 11.5. The van der Waals surface area contributed by atoms with Gasteiger partial charge in [0.05, 0.1) is 6.10 Å². The maximum absolute atomic E-state index is 13.4. The number of carbonyl (C=O) groups is 4. The summed E-state index contributed by atoms with van der Waals surface area (Å²) in [4.78, 5) is 51.2. The molecule has 0 aromatic carbocycles. The van der Waals surface area contributed by atoms with E-state index in [-0.39, 0.29) is 35.4 Å². The SMILES string of the molecule is C=C[C@]1(C)C[C@@H](OC(=O)NC(=O)OCC(=O)N(C)C)[C@@]2(C)C(C)CC[C@]3(CCC(=O)[C@H]32)[C@@H](C)[C@@H]1O. The number of carbonyl (C=O) groups excluding carboxylic acids is 4. The van der Waals surface area contributed by atoms with Crippen LogP contribution in [0, 0.1) is 34.0 Å². The van der Waals surface area contributed by atoms with E-state index in [1.165, 1.54) is 19.0 Å². The lowest BCUT2D eigenvalue weighted by atomic mass is 9.44. The van der Waals surface area contributed by atoms with Gasteiger partial charge in [-0.3, -0.25) is 9.59 Å². The van der Waals surface area contributed by atoms with E-state index in [2.05, 4.69) is 13.5 Å². The van der Waals surface area contributed by atoms with Gasteiger partial charge in [-0.1, -0.05) is 33.8 Å². The molecule has 3 aliphatic rings. The number of aliphatic hydroxyl groups excluding tert-OH is 1. The zero-order valence-corrected chi connectivity index (χ0v) is 21.8. The van der Waals surface area contributed by atoms with Crippen LogP contribution in [-0.4, -0.2) is 66.8 Å². The summed E-state index contributed by atoms with van der Waals surface area (Å²) in [7, 11) is 3.05. The van der Waals surface area contributed by atoms with Crippen molar-refractivity contribution in [1.82, 2.24) is 10.2 Å². The number of aliphatic hydroxyl groups is 1. The Balaban J connectivity index is 1.92. The molecule has 8 atom stereocenters. The molecule has 0 aromatic rings. The molecule has 196 valence electrons. The van der Waals surface area contributed by atoms with E-state index >= 15 is 0 Å². The Morgan fingerprint density at radius 3 is 2.46 bits per heavy atom. The van der Waals surface area contributed by atoms with Gasteiger partial charge in [-0.25, -0.2) is 14.9 Å². The maximum Gasteiger partial charge on any atom is 0.417 e. The van der Waals surface area contributed by atoms with Crippen LogP contribution in [0.2, 0.25) is 0 Å². The Kier molecular flexibility index (Phi) is 7.42. The zero-order chi connectivity index (χ0) is 26.3. The van der Waals surface area contributed by atoms with Crippen molar-refractivity contribution in [3.05, 3.63) is 12.7 Å². The van der Waals surface area contributed by atoms with Gasteiger partial charge in [-0.05, 0) is 42.9 Å². The number of amides is 3. The van der Waals surface area contributed by atoms with Crippen LogP contribution in [0.25, 0.3) is 0 Å². The number of ketones is 1. The number of nitrogens with zero attached hydrogens (tertiary/aromatic N) is 1. The Bertz CT molecular complexity index is 904. The molecule has 9 nitrogen and oxygen atoms in total. The molecule has 35 heavy (non-hydrogen) atoms. The van der Waals surface area contributed by atoms with Crippen molar-refractivity contribution in [2.75, 3.05) is 20.7 Å². The molecule has 3 aliphatic carbocycles. The fraction of sp³-hybridized carbons (Fsp3) is 0.769. The van der Waals surface area contributed by atoms with Crippen LogP contribution in [-0.2, 0) is 19.1 Å². The smallest absolute Gasteiger partial charge is 0.417 e.